The minimum Gasteiger partial charge on any atom is -0.306 e. The Balaban J connectivity index is 2.44. The second-order valence-electron chi connectivity index (χ2n) is 4.73. The zero-order chi connectivity index (χ0) is 15.4. The van der Waals surface area contributed by atoms with Crippen molar-refractivity contribution in [1.82, 2.24) is 5.32 Å². The molecule has 1 nitrogen and oxygen atoms in total. The quantitative estimate of drug-likeness (QED) is 0.713. The third kappa shape index (κ3) is 4.10. The Bertz CT molecular complexity index is 631. The largest absolute Gasteiger partial charge is 0.306 e. The van der Waals surface area contributed by atoms with Gasteiger partial charge in [-0.1, -0.05) is 53.9 Å². The average molecular weight is 347 g/mol. The number of halogens is 4. The van der Waals surface area contributed by atoms with Gasteiger partial charge >= 0.3 is 0 Å². The first-order valence-electron chi connectivity index (χ1n) is 6.66. The molecule has 0 saturated heterocycles. The van der Waals surface area contributed by atoms with Gasteiger partial charge in [-0.2, -0.15) is 0 Å². The predicted molar refractivity (Wildman–Crippen MR) is 88.0 cm³/mol. The van der Waals surface area contributed by atoms with Crippen molar-refractivity contribution in [2.24, 2.45) is 0 Å². The van der Waals surface area contributed by atoms with Crippen LogP contribution in [0.3, 0.4) is 0 Å². The van der Waals surface area contributed by atoms with E-state index in [0.717, 1.165) is 18.5 Å². The van der Waals surface area contributed by atoms with Gasteiger partial charge in [-0.05, 0) is 42.8 Å². The molecule has 0 aliphatic heterocycles. The van der Waals surface area contributed by atoms with Crippen LogP contribution in [-0.4, -0.2) is 6.54 Å². The highest BCUT2D eigenvalue weighted by atomic mass is 35.5. The summed E-state index contributed by atoms with van der Waals surface area (Å²) in [7, 11) is 0. The van der Waals surface area contributed by atoms with Crippen molar-refractivity contribution in [2.45, 2.75) is 19.4 Å². The number of hydrogen-bond acceptors (Lipinski definition) is 1. The molecular formula is C16H15Cl3FN. The molecule has 0 amide bonds. The van der Waals surface area contributed by atoms with Gasteiger partial charge in [0.25, 0.3) is 0 Å². The van der Waals surface area contributed by atoms with Crippen molar-refractivity contribution < 1.29 is 4.39 Å². The topological polar surface area (TPSA) is 12.0 Å². The van der Waals surface area contributed by atoms with Gasteiger partial charge in [0.2, 0.25) is 0 Å². The van der Waals surface area contributed by atoms with E-state index in [1.807, 2.05) is 6.07 Å². The van der Waals surface area contributed by atoms with Crippen LogP contribution in [0, 0.1) is 5.82 Å². The molecule has 2 aromatic rings. The number of hydrogen-bond donors (Lipinski definition) is 1. The van der Waals surface area contributed by atoms with Crippen LogP contribution in [0.4, 0.5) is 4.39 Å². The summed E-state index contributed by atoms with van der Waals surface area (Å²) < 4.78 is 14.2. The third-order valence-corrected chi connectivity index (χ3v) is 4.12. The van der Waals surface area contributed by atoms with Crippen LogP contribution in [-0.2, 0) is 0 Å². The third-order valence-electron chi connectivity index (χ3n) is 3.15. The summed E-state index contributed by atoms with van der Waals surface area (Å²) >= 11 is 17.8. The summed E-state index contributed by atoms with van der Waals surface area (Å²) in [6.45, 7) is 2.81. The molecular weight excluding hydrogens is 332 g/mol. The fraction of sp³-hybridized carbons (Fsp3) is 0.250. The van der Waals surface area contributed by atoms with E-state index in [2.05, 4.69) is 12.2 Å². The van der Waals surface area contributed by atoms with Gasteiger partial charge in [-0.15, -0.1) is 0 Å². The molecule has 0 radical (unpaired) electrons. The van der Waals surface area contributed by atoms with Gasteiger partial charge in [-0.3, -0.25) is 0 Å². The fourth-order valence-corrected chi connectivity index (χ4v) is 2.59. The first-order chi connectivity index (χ1) is 10.0. The van der Waals surface area contributed by atoms with Crippen LogP contribution in [0.2, 0.25) is 15.1 Å². The molecule has 0 aromatic heterocycles. The van der Waals surface area contributed by atoms with Crippen molar-refractivity contribution in [3.8, 4) is 0 Å². The molecule has 0 heterocycles. The van der Waals surface area contributed by atoms with Crippen molar-refractivity contribution in [3.63, 3.8) is 0 Å². The Morgan fingerprint density at radius 1 is 1.05 bits per heavy atom. The lowest BCUT2D eigenvalue weighted by Crippen LogP contribution is -2.24. The van der Waals surface area contributed by atoms with Gasteiger partial charge in [0.15, 0.2) is 0 Å². The molecule has 5 heteroatoms. The first-order valence-corrected chi connectivity index (χ1v) is 7.79. The SMILES string of the molecule is CCCNC(c1ccc(Cl)c(Cl)c1)c1ccc(Cl)cc1F. The molecule has 0 aliphatic carbocycles. The number of nitrogens with one attached hydrogen (secondary N) is 1. The van der Waals surface area contributed by atoms with E-state index in [-0.39, 0.29) is 11.9 Å². The molecule has 1 atom stereocenters. The Kier molecular flexibility index (Phi) is 5.88. The van der Waals surface area contributed by atoms with E-state index in [0.29, 0.717) is 20.6 Å². The molecule has 2 rings (SSSR count). The maximum Gasteiger partial charge on any atom is 0.129 e. The van der Waals surface area contributed by atoms with E-state index in [4.69, 9.17) is 34.8 Å². The van der Waals surface area contributed by atoms with Crippen molar-refractivity contribution in [2.75, 3.05) is 6.54 Å². The van der Waals surface area contributed by atoms with Crippen LogP contribution in [0.15, 0.2) is 36.4 Å². The molecule has 0 fully saturated rings. The second-order valence-corrected chi connectivity index (χ2v) is 5.98. The van der Waals surface area contributed by atoms with Crippen LogP contribution in [0.1, 0.15) is 30.5 Å². The lowest BCUT2D eigenvalue weighted by atomic mass is 9.98. The van der Waals surface area contributed by atoms with E-state index in [1.54, 1.807) is 24.3 Å². The molecule has 0 saturated carbocycles. The average Bonchev–Trinajstić information content (AvgIpc) is 2.44. The Hall–Kier alpha value is -0.800. The maximum absolute atomic E-state index is 14.2. The predicted octanol–water partition coefficient (Wildman–Crippen LogP) is 5.87. The van der Waals surface area contributed by atoms with Crippen LogP contribution in [0.5, 0.6) is 0 Å². The minimum atomic E-state index is -0.345. The van der Waals surface area contributed by atoms with E-state index < -0.39 is 0 Å². The molecule has 0 aliphatic rings. The van der Waals surface area contributed by atoms with Gasteiger partial charge in [0, 0.05) is 10.6 Å². The molecule has 1 unspecified atom stereocenters. The normalized spacial score (nSPS) is 12.4. The maximum atomic E-state index is 14.2. The summed E-state index contributed by atoms with van der Waals surface area (Å²) in [6, 6.07) is 9.70. The van der Waals surface area contributed by atoms with E-state index >= 15 is 0 Å². The molecule has 0 spiro atoms. The molecule has 1 N–H and O–H groups in total. The molecule has 21 heavy (non-hydrogen) atoms. The van der Waals surface area contributed by atoms with E-state index in [9.17, 15) is 4.39 Å². The van der Waals surface area contributed by atoms with Gasteiger partial charge in [0.05, 0.1) is 16.1 Å². The Morgan fingerprint density at radius 3 is 2.43 bits per heavy atom. The zero-order valence-corrected chi connectivity index (χ0v) is 13.7. The van der Waals surface area contributed by atoms with Crippen LogP contribution >= 0.6 is 34.8 Å². The standard InChI is InChI=1S/C16H15Cl3FN/c1-2-7-21-16(10-3-6-13(18)14(19)8-10)12-5-4-11(17)9-15(12)20/h3-6,8-9,16,21H,2,7H2,1H3. The second kappa shape index (κ2) is 7.46. The summed E-state index contributed by atoms with van der Waals surface area (Å²) in [5.41, 5.74) is 1.39. The van der Waals surface area contributed by atoms with Gasteiger partial charge in [-0.25, -0.2) is 4.39 Å². The Labute approximate surface area is 139 Å². The number of rotatable bonds is 5. The number of benzene rings is 2. The van der Waals surface area contributed by atoms with Gasteiger partial charge in [0.1, 0.15) is 5.82 Å². The van der Waals surface area contributed by atoms with Crippen molar-refractivity contribution in [1.29, 1.82) is 0 Å². The molecule has 2 aromatic carbocycles. The minimum absolute atomic E-state index is 0.294. The highest BCUT2D eigenvalue weighted by Crippen LogP contribution is 2.30. The van der Waals surface area contributed by atoms with Crippen LogP contribution in [0.25, 0.3) is 0 Å². The highest BCUT2D eigenvalue weighted by molar-refractivity contribution is 6.42. The Morgan fingerprint density at radius 2 is 1.81 bits per heavy atom. The molecule has 112 valence electrons. The lowest BCUT2D eigenvalue weighted by molar-refractivity contribution is 0.547. The zero-order valence-electron chi connectivity index (χ0n) is 11.5. The monoisotopic (exact) mass is 345 g/mol. The van der Waals surface area contributed by atoms with Gasteiger partial charge < -0.3 is 5.32 Å². The smallest absolute Gasteiger partial charge is 0.129 e. The van der Waals surface area contributed by atoms with Crippen LogP contribution < -0.4 is 5.32 Å². The van der Waals surface area contributed by atoms with E-state index in [1.165, 1.54) is 6.07 Å². The fourth-order valence-electron chi connectivity index (χ4n) is 2.12. The summed E-state index contributed by atoms with van der Waals surface area (Å²) in [5, 5.41) is 4.63. The lowest BCUT2D eigenvalue weighted by Gasteiger charge is -2.21. The molecule has 0 bridgehead atoms. The summed E-state index contributed by atoms with van der Waals surface area (Å²) in [5.74, 6) is -0.345. The summed E-state index contributed by atoms with van der Waals surface area (Å²) in [4.78, 5) is 0. The summed E-state index contributed by atoms with van der Waals surface area (Å²) in [6.07, 6.45) is 0.938. The highest BCUT2D eigenvalue weighted by Gasteiger charge is 2.18. The van der Waals surface area contributed by atoms with Crippen molar-refractivity contribution in [3.05, 3.63) is 68.4 Å². The van der Waals surface area contributed by atoms with Crippen molar-refractivity contribution >= 4 is 34.8 Å². The first kappa shape index (κ1) is 16.6.